The van der Waals surface area contributed by atoms with Gasteiger partial charge in [0.1, 0.15) is 0 Å². The van der Waals surface area contributed by atoms with Gasteiger partial charge in [-0.15, -0.1) is 0 Å². The third kappa shape index (κ3) is 6.06. The number of benzene rings is 2. The lowest BCUT2D eigenvalue weighted by Crippen LogP contribution is -2.41. The molecule has 0 atom stereocenters. The molecule has 166 valence electrons. The van der Waals surface area contributed by atoms with Crippen LogP contribution in [-0.4, -0.2) is 44.3 Å². The van der Waals surface area contributed by atoms with E-state index in [1.807, 2.05) is 18.2 Å². The summed E-state index contributed by atoms with van der Waals surface area (Å²) in [6.07, 6.45) is 0.878. The molecule has 1 saturated heterocycles. The minimum absolute atomic E-state index is 0.0456. The Morgan fingerprint density at radius 1 is 1.13 bits per heavy atom. The molecular formula is C22H25ClN2O5S. The molecule has 0 aromatic heterocycles. The van der Waals surface area contributed by atoms with Crippen molar-refractivity contribution in [2.45, 2.75) is 25.5 Å². The summed E-state index contributed by atoms with van der Waals surface area (Å²) in [7, 11) is -3.43. The lowest BCUT2D eigenvalue weighted by molar-refractivity contribution is -0.120. The van der Waals surface area contributed by atoms with Crippen LogP contribution in [0.5, 0.6) is 0 Å². The molecule has 2 aromatic rings. The molecule has 0 saturated carbocycles. The van der Waals surface area contributed by atoms with Gasteiger partial charge in [-0.1, -0.05) is 41.9 Å². The molecule has 0 unspecified atom stereocenters. The third-order valence-electron chi connectivity index (χ3n) is 5.14. The predicted octanol–water partition coefficient (Wildman–Crippen LogP) is 3.70. The summed E-state index contributed by atoms with van der Waals surface area (Å²) in [4.78, 5) is 24.5. The number of rotatable bonds is 7. The number of carbonyl (C=O) groups excluding carboxylic acids is 2. The van der Waals surface area contributed by atoms with Gasteiger partial charge < -0.3 is 10.1 Å². The quantitative estimate of drug-likeness (QED) is 0.631. The van der Waals surface area contributed by atoms with Gasteiger partial charge in [0.05, 0.1) is 22.9 Å². The SMILES string of the molecule is CCOC(=O)c1ccc(NC(=O)C2CCN(S(=O)(=O)Cc3ccccc3)CC2)cc1Cl. The van der Waals surface area contributed by atoms with E-state index < -0.39 is 16.0 Å². The standard InChI is InChI=1S/C22H25ClN2O5S/c1-2-30-22(27)19-9-8-18(14-20(19)23)24-21(26)17-10-12-25(13-11-17)31(28,29)15-16-6-4-3-5-7-16/h3-9,14,17H,2,10-13,15H2,1H3,(H,24,26). The molecule has 1 aliphatic rings. The zero-order valence-corrected chi connectivity index (χ0v) is 18.8. The molecule has 0 aliphatic carbocycles. The first kappa shape index (κ1) is 23.2. The molecule has 7 nitrogen and oxygen atoms in total. The van der Waals surface area contributed by atoms with Gasteiger partial charge in [-0.3, -0.25) is 4.79 Å². The van der Waals surface area contributed by atoms with E-state index in [9.17, 15) is 18.0 Å². The van der Waals surface area contributed by atoms with Crippen molar-refractivity contribution in [2.24, 2.45) is 5.92 Å². The number of nitrogens with zero attached hydrogens (tertiary/aromatic N) is 1. The Hall–Kier alpha value is -2.42. The number of carbonyl (C=O) groups is 2. The number of ether oxygens (including phenoxy) is 1. The van der Waals surface area contributed by atoms with E-state index in [0.29, 0.717) is 31.6 Å². The highest BCUT2D eigenvalue weighted by Gasteiger charge is 2.31. The third-order valence-corrected chi connectivity index (χ3v) is 7.30. The number of sulfonamides is 1. The van der Waals surface area contributed by atoms with Crippen LogP contribution in [0.3, 0.4) is 0 Å². The molecular weight excluding hydrogens is 440 g/mol. The van der Waals surface area contributed by atoms with Crippen molar-refractivity contribution in [1.82, 2.24) is 4.31 Å². The van der Waals surface area contributed by atoms with Crippen LogP contribution in [0.1, 0.15) is 35.7 Å². The van der Waals surface area contributed by atoms with E-state index in [1.54, 1.807) is 25.1 Å². The van der Waals surface area contributed by atoms with Crippen LogP contribution in [-0.2, 0) is 25.3 Å². The number of esters is 1. The smallest absolute Gasteiger partial charge is 0.339 e. The van der Waals surface area contributed by atoms with Crippen LogP contribution in [0.25, 0.3) is 0 Å². The van der Waals surface area contributed by atoms with Crippen LogP contribution in [0, 0.1) is 5.92 Å². The summed E-state index contributed by atoms with van der Waals surface area (Å²) in [6.45, 7) is 2.55. The molecule has 2 aromatic carbocycles. The average Bonchev–Trinajstić information content (AvgIpc) is 2.74. The summed E-state index contributed by atoms with van der Waals surface area (Å²) in [6, 6.07) is 13.7. The second-order valence-electron chi connectivity index (χ2n) is 7.32. The highest BCUT2D eigenvalue weighted by Crippen LogP contribution is 2.25. The van der Waals surface area contributed by atoms with Gasteiger partial charge in [-0.25, -0.2) is 17.5 Å². The molecule has 1 aliphatic heterocycles. The first-order chi connectivity index (χ1) is 14.8. The number of anilines is 1. The van der Waals surface area contributed by atoms with Crippen LogP contribution in [0.2, 0.25) is 5.02 Å². The number of nitrogens with one attached hydrogen (secondary N) is 1. The number of hydrogen-bond acceptors (Lipinski definition) is 5. The maximum Gasteiger partial charge on any atom is 0.339 e. The summed E-state index contributed by atoms with van der Waals surface area (Å²) < 4.78 is 31.7. The van der Waals surface area contributed by atoms with Gasteiger partial charge >= 0.3 is 5.97 Å². The normalized spacial score (nSPS) is 15.4. The Kier molecular flexibility index (Phi) is 7.69. The first-order valence-electron chi connectivity index (χ1n) is 10.1. The number of piperidine rings is 1. The molecule has 0 bridgehead atoms. The molecule has 0 spiro atoms. The summed E-state index contributed by atoms with van der Waals surface area (Å²) in [5.41, 5.74) is 1.45. The van der Waals surface area contributed by atoms with Crippen molar-refractivity contribution in [3.8, 4) is 0 Å². The van der Waals surface area contributed by atoms with Crippen molar-refractivity contribution in [3.63, 3.8) is 0 Å². The van der Waals surface area contributed by atoms with Crippen molar-refractivity contribution in [1.29, 1.82) is 0 Å². The molecule has 1 amide bonds. The average molecular weight is 465 g/mol. The van der Waals surface area contributed by atoms with Gasteiger partial charge in [0.15, 0.2) is 0 Å². The maximum absolute atomic E-state index is 12.7. The number of halogens is 1. The molecule has 1 heterocycles. The second-order valence-corrected chi connectivity index (χ2v) is 9.70. The predicted molar refractivity (Wildman–Crippen MR) is 119 cm³/mol. The van der Waals surface area contributed by atoms with Crippen LogP contribution in [0.4, 0.5) is 5.69 Å². The van der Waals surface area contributed by atoms with Crippen LogP contribution in [0.15, 0.2) is 48.5 Å². The van der Waals surface area contributed by atoms with E-state index in [0.717, 1.165) is 5.56 Å². The largest absolute Gasteiger partial charge is 0.462 e. The Balaban J connectivity index is 1.55. The highest BCUT2D eigenvalue weighted by molar-refractivity contribution is 7.88. The zero-order valence-electron chi connectivity index (χ0n) is 17.2. The number of hydrogen-bond donors (Lipinski definition) is 1. The van der Waals surface area contributed by atoms with E-state index in [1.165, 1.54) is 16.4 Å². The highest BCUT2D eigenvalue weighted by atomic mass is 35.5. The van der Waals surface area contributed by atoms with E-state index in [2.05, 4.69) is 5.32 Å². The van der Waals surface area contributed by atoms with Crippen molar-refractivity contribution >= 4 is 39.2 Å². The molecule has 3 rings (SSSR count). The Morgan fingerprint density at radius 2 is 1.81 bits per heavy atom. The summed E-state index contributed by atoms with van der Waals surface area (Å²) in [5, 5.41) is 2.99. The minimum Gasteiger partial charge on any atom is -0.462 e. The lowest BCUT2D eigenvalue weighted by Gasteiger charge is -2.30. The first-order valence-corrected chi connectivity index (χ1v) is 12.1. The summed E-state index contributed by atoms with van der Waals surface area (Å²) in [5.74, 6) is -1.06. The topological polar surface area (TPSA) is 92.8 Å². The molecule has 1 N–H and O–H groups in total. The monoisotopic (exact) mass is 464 g/mol. The molecule has 9 heteroatoms. The Labute approximate surface area is 187 Å². The molecule has 31 heavy (non-hydrogen) atoms. The fraction of sp³-hybridized carbons (Fsp3) is 0.364. The van der Waals surface area contributed by atoms with Crippen LogP contribution < -0.4 is 5.32 Å². The summed E-state index contributed by atoms with van der Waals surface area (Å²) >= 11 is 6.14. The second kappa shape index (κ2) is 10.3. The molecule has 0 radical (unpaired) electrons. The van der Waals surface area contributed by atoms with E-state index in [-0.39, 0.29) is 34.8 Å². The van der Waals surface area contributed by atoms with Gasteiger partial charge in [-0.2, -0.15) is 0 Å². The van der Waals surface area contributed by atoms with Crippen molar-refractivity contribution < 1.29 is 22.7 Å². The van der Waals surface area contributed by atoms with Gasteiger partial charge in [0.2, 0.25) is 15.9 Å². The number of amides is 1. The minimum atomic E-state index is -3.43. The Bertz CT molecular complexity index is 1040. The fourth-order valence-corrected chi connectivity index (χ4v) is 5.30. The van der Waals surface area contributed by atoms with Gasteiger partial charge in [0, 0.05) is 24.7 Å². The maximum atomic E-state index is 12.7. The zero-order chi connectivity index (χ0) is 22.4. The fourth-order valence-electron chi connectivity index (χ4n) is 3.48. The van der Waals surface area contributed by atoms with Crippen molar-refractivity contribution in [2.75, 3.05) is 25.0 Å². The van der Waals surface area contributed by atoms with E-state index >= 15 is 0 Å². The van der Waals surface area contributed by atoms with E-state index in [4.69, 9.17) is 16.3 Å². The van der Waals surface area contributed by atoms with Crippen LogP contribution >= 0.6 is 11.6 Å². The lowest BCUT2D eigenvalue weighted by atomic mass is 9.97. The molecule has 1 fully saturated rings. The van der Waals surface area contributed by atoms with Crippen molar-refractivity contribution in [3.05, 3.63) is 64.7 Å². The Morgan fingerprint density at radius 3 is 2.42 bits per heavy atom. The van der Waals surface area contributed by atoms with Gasteiger partial charge in [-0.05, 0) is 43.5 Å². The van der Waals surface area contributed by atoms with Gasteiger partial charge in [0.25, 0.3) is 0 Å².